The molecule has 1 saturated heterocycles. The lowest BCUT2D eigenvalue weighted by Crippen LogP contribution is -2.43. The number of carbonyl (C=O) groups is 2. The fraction of sp³-hybridized carbons (Fsp3) is 0.500. The first kappa shape index (κ1) is 18.4. The van der Waals surface area contributed by atoms with Gasteiger partial charge in [-0.1, -0.05) is 13.8 Å². The van der Waals surface area contributed by atoms with Crippen LogP contribution in [0, 0.1) is 11.8 Å². The Kier molecular flexibility index (Phi) is 5.29. The number of anilines is 1. The number of carbonyl (C=O) groups excluding carboxylic acids is 1. The van der Waals surface area contributed by atoms with E-state index in [9.17, 15) is 23.1 Å². The maximum Gasteiger partial charge on any atom is 0.308 e. The van der Waals surface area contributed by atoms with Crippen molar-refractivity contribution in [2.24, 2.45) is 17.0 Å². The molecule has 1 heterocycles. The summed E-state index contributed by atoms with van der Waals surface area (Å²) in [7, 11) is -4.04. The van der Waals surface area contributed by atoms with Crippen molar-refractivity contribution in [2.45, 2.75) is 31.6 Å². The normalized spacial score (nSPS) is 21.5. The van der Waals surface area contributed by atoms with Crippen LogP contribution in [0.4, 0.5) is 5.69 Å². The monoisotopic (exact) mass is 354 g/mol. The molecule has 132 valence electrons. The van der Waals surface area contributed by atoms with Gasteiger partial charge in [-0.05, 0) is 30.5 Å². The molecule has 0 aromatic heterocycles. The van der Waals surface area contributed by atoms with Crippen LogP contribution < -0.4 is 10.0 Å². The fourth-order valence-corrected chi connectivity index (χ4v) is 3.89. The molecule has 0 radical (unpaired) electrons. The second kappa shape index (κ2) is 6.90. The van der Waals surface area contributed by atoms with E-state index >= 15 is 0 Å². The van der Waals surface area contributed by atoms with Gasteiger partial charge < -0.3 is 10.0 Å². The van der Waals surface area contributed by atoms with Crippen molar-refractivity contribution in [3.8, 4) is 0 Å². The van der Waals surface area contributed by atoms with Crippen LogP contribution in [0.3, 0.4) is 0 Å². The third-order valence-corrected chi connectivity index (χ3v) is 5.20. The molecule has 2 atom stereocenters. The lowest BCUT2D eigenvalue weighted by molar-refractivity contribution is -0.142. The molecule has 0 bridgehead atoms. The third-order valence-electron chi connectivity index (χ3n) is 4.26. The molecule has 1 aliphatic rings. The summed E-state index contributed by atoms with van der Waals surface area (Å²) < 4.78 is 24.0. The molecular formula is C16H22N2O5S. The molecule has 2 unspecified atom stereocenters. The highest BCUT2D eigenvalue weighted by Crippen LogP contribution is 2.32. The van der Waals surface area contributed by atoms with Crippen LogP contribution in [-0.2, 0) is 14.8 Å². The Balaban J connectivity index is 2.49. The van der Waals surface area contributed by atoms with Gasteiger partial charge in [-0.25, -0.2) is 13.6 Å². The Morgan fingerprint density at radius 1 is 1.33 bits per heavy atom. The molecular weight excluding hydrogens is 332 g/mol. The van der Waals surface area contributed by atoms with E-state index in [1.165, 1.54) is 6.07 Å². The zero-order chi connectivity index (χ0) is 18.1. The van der Waals surface area contributed by atoms with Gasteiger partial charge in [-0.3, -0.25) is 9.59 Å². The number of Topliss-reactive ketones (excluding diaryl/α,β-unsaturated/α-hetero) is 1. The first-order valence-electron chi connectivity index (χ1n) is 7.81. The van der Waals surface area contributed by atoms with E-state index in [0.717, 1.165) is 0 Å². The largest absolute Gasteiger partial charge is 0.481 e. The molecule has 1 aromatic carbocycles. The Labute approximate surface area is 141 Å². The number of rotatable bonds is 5. The van der Waals surface area contributed by atoms with E-state index in [1.807, 2.05) is 6.92 Å². The van der Waals surface area contributed by atoms with E-state index < -0.39 is 21.9 Å². The summed E-state index contributed by atoms with van der Waals surface area (Å²) in [5.74, 6) is -1.55. The predicted octanol–water partition coefficient (Wildman–Crippen LogP) is 1.47. The van der Waals surface area contributed by atoms with Gasteiger partial charge in [0, 0.05) is 25.1 Å². The van der Waals surface area contributed by atoms with Crippen molar-refractivity contribution in [3.05, 3.63) is 23.8 Å². The number of hydrogen-bond donors (Lipinski definition) is 2. The minimum atomic E-state index is -4.04. The number of hydrogen-bond acceptors (Lipinski definition) is 5. The standard InChI is InChI=1S/C16H22N2O5S/c1-3-14(19)11-4-5-13(15(7-11)24(17,22)23)18-8-10(2)6-12(9-18)16(20)21/h4-5,7,10,12H,3,6,8-9H2,1-2H3,(H,20,21)(H2,17,22,23). The molecule has 0 aliphatic carbocycles. The quantitative estimate of drug-likeness (QED) is 0.773. The average molecular weight is 354 g/mol. The first-order valence-corrected chi connectivity index (χ1v) is 9.36. The van der Waals surface area contributed by atoms with Gasteiger partial charge in [-0.15, -0.1) is 0 Å². The number of nitrogens with two attached hydrogens (primary N) is 1. The maximum absolute atomic E-state index is 12.0. The molecule has 3 N–H and O–H groups in total. The number of carboxylic acids is 1. The summed E-state index contributed by atoms with van der Waals surface area (Å²) >= 11 is 0. The molecule has 1 aromatic rings. The van der Waals surface area contributed by atoms with Gasteiger partial charge in [0.1, 0.15) is 4.90 Å². The summed E-state index contributed by atoms with van der Waals surface area (Å²) in [6.07, 6.45) is 0.800. The van der Waals surface area contributed by atoms with Crippen molar-refractivity contribution >= 4 is 27.5 Å². The number of primary sulfonamides is 1. The van der Waals surface area contributed by atoms with Gasteiger partial charge in [0.15, 0.2) is 5.78 Å². The Hall–Kier alpha value is -1.93. The summed E-state index contributed by atoms with van der Waals surface area (Å²) in [5, 5.41) is 14.6. The number of benzene rings is 1. The smallest absolute Gasteiger partial charge is 0.308 e. The molecule has 0 amide bonds. The molecule has 1 aliphatic heterocycles. The molecule has 8 heteroatoms. The van der Waals surface area contributed by atoms with Gasteiger partial charge in [0.05, 0.1) is 11.6 Å². The molecule has 0 spiro atoms. The van der Waals surface area contributed by atoms with Crippen LogP contribution in [0.2, 0.25) is 0 Å². The van der Waals surface area contributed by atoms with Crippen molar-refractivity contribution in [2.75, 3.05) is 18.0 Å². The van der Waals surface area contributed by atoms with Crippen LogP contribution in [0.1, 0.15) is 37.0 Å². The first-order chi connectivity index (χ1) is 11.1. The van der Waals surface area contributed by atoms with Gasteiger partial charge in [-0.2, -0.15) is 0 Å². The second-order valence-corrected chi connectivity index (χ2v) is 7.82. The van der Waals surface area contributed by atoms with E-state index in [0.29, 0.717) is 18.7 Å². The SMILES string of the molecule is CCC(=O)c1ccc(N2CC(C)CC(C(=O)O)C2)c(S(N)(=O)=O)c1. The number of piperidine rings is 1. The average Bonchev–Trinajstić information content (AvgIpc) is 2.52. The number of ketones is 1. The van der Waals surface area contributed by atoms with Crippen LogP contribution in [0.25, 0.3) is 0 Å². The molecule has 7 nitrogen and oxygen atoms in total. The fourth-order valence-electron chi connectivity index (χ4n) is 3.11. The number of aliphatic carboxylic acids is 1. The summed E-state index contributed by atoms with van der Waals surface area (Å²) in [6, 6.07) is 4.38. The molecule has 1 fully saturated rings. The molecule has 0 saturated carbocycles. The van der Waals surface area contributed by atoms with Crippen LogP contribution >= 0.6 is 0 Å². The Morgan fingerprint density at radius 2 is 2.00 bits per heavy atom. The zero-order valence-corrected chi connectivity index (χ0v) is 14.5. The van der Waals surface area contributed by atoms with E-state index in [-0.39, 0.29) is 35.1 Å². The Bertz CT molecular complexity index is 760. The molecule has 2 rings (SSSR count). The number of nitrogens with zero attached hydrogens (tertiary/aromatic N) is 1. The summed E-state index contributed by atoms with van der Waals surface area (Å²) in [5.41, 5.74) is 0.632. The van der Waals surface area contributed by atoms with Crippen molar-refractivity contribution in [3.63, 3.8) is 0 Å². The summed E-state index contributed by atoms with van der Waals surface area (Å²) in [4.78, 5) is 24.8. The lowest BCUT2D eigenvalue weighted by atomic mass is 9.90. The van der Waals surface area contributed by atoms with Crippen LogP contribution in [-0.4, -0.2) is 38.4 Å². The highest BCUT2D eigenvalue weighted by Gasteiger charge is 2.32. The lowest BCUT2D eigenvalue weighted by Gasteiger charge is -2.37. The molecule has 24 heavy (non-hydrogen) atoms. The second-order valence-electron chi connectivity index (χ2n) is 6.29. The Morgan fingerprint density at radius 3 is 2.54 bits per heavy atom. The van der Waals surface area contributed by atoms with Crippen LogP contribution in [0.5, 0.6) is 0 Å². The van der Waals surface area contributed by atoms with Gasteiger partial charge in [0.2, 0.25) is 10.0 Å². The number of carboxylic acid groups (broad SMARTS) is 1. The minimum Gasteiger partial charge on any atom is -0.481 e. The predicted molar refractivity (Wildman–Crippen MR) is 89.6 cm³/mol. The highest BCUT2D eigenvalue weighted by atomic mass is 32.2. The summed E-state index contributed by atoms with van der Waals surface area (Å²) in [6.45, 7) is 4.36. The van der Waals surface area contributed by atoms with Crippen molar-refractivity contribution in [1.82, 2.24) is 0 Å². The highest BCUT2D eigenvalue weighted by molar-refractivity contribution is 7.89. The van der Waals surface area contributed by atoms with Gasteiger partial charge in [0.25, 0.3) is 0 Å². The van der Waals surface area contributed by atoms with E-state index in [1.54, 1.807) is 24.0 Å². The minimum absolute atomic E-state index is 0.102. The van der Waals surface area contributed by atoms with E-state index in [4.69, 9.17) is 5.14 Å². The van der Waals surface area contributed by atoms with E-state index in [2.05, 4.69) is 0 Å². The maximum atomic E-state index is 12.0. The third kappa shape index (κ3) is 3.93. The van der Waals surface area contributed by atoms with Gasteiger partial charge >= 0.3 is 5.97 Å². The van der Waals surface area contributed by atoms with Crippen molar-refractivity contribution in [1.29, 1.82) is 0 Å². The zero-order valence-electron chi connectivity index (χ0n) is 13.7. The topological polar surface area (TPSA) is 118 Å². The van der Waals surface area contributed by atoms with Crippen molar-refractivity contribution < 1.29 is 23.1 Å². The number of sulfonamides is 1. The van der Waals surface area contributed by atoms with Crippen LogP contribution in [0.15, 0.2) is 23.1 Å².